The minimum absolute atomic E-state index is 0.0756. The van der Waals surface area contributed by atoms with Gasteiger partial charge in [0.05, 0.1) is 5.38 Å². The Morgan fingerprint density at radius 3 is 2.50 bits per heavy atom. The topological polar surface area (TPSA) is 37.3 Å². The molecule has 0 spiro atoms. The number of rotatable bonds is 5. The third kappa shape index (κ3) is 3.84. The van der Waals surface area contributed by atoms with Gasteiger partial charge in [0, 0.05) is 10.9 Å². The first-order chi connectivity index (χ1) is 9.58. The van der Waals surface area contributed by atoms with Crippen LogP contribution in [0.1, 0.15) is 23.8 Å². The molecule has 1 unspecified atom stereocenters. The van der Waals surface area contributed by atoms with Gasteiger partial charge in [0.1, 0.15) is 0 Å². The Morgan fingerprint density at radius 2 is 1.90 bits per heavy atom. The fourth-order valence-electron chi connectivity index (χ4n) is 1.99. The third-order valence-electron chi connectivity index (χ3n) is 3.05. The normalized spacial score (nSPS) is 12.1. The summed E-state index contributed by atoms with van der Waals surface area (Å²) in [5, 5.41) is 8.40. The van der Waals surface area contributed by atoms with Gasteiger partial charge in [0.15, 0.2) is 0 Å². The van der Waals surface area contributed by atoms with Crippen LogP contribution in [0.2, 0.25) is 0 Å². The Kier molecular flexibility index (Phi) is 5.21. The predicted molar refractivity (Wildman–Crippen MR) is 85.0 cm³/mol. The molecule has 1 atom stereocenters. The van der Waals surface area contributed by atoms with Crippen LogP contribution in [0.25, 0.3) is 11.1 Å². The lowest BCUT2D eigenvalue weighted by Crippen LogP contribution is -1.98. The summed E-state index contributed by atoms with van der Waals surface area (Å²) in [4.78, 5) is 10.6. The van der Waals surface area contributed by atoms with E-state index in [0.29, 0.717) is 6.42 Å². The Labute approximate surface area is 131 Å². The summed E-state index contributed by atoms with van der Waals surface area (Å²) >= 11 is 9.79. The summed E-state index contributed by atoms with van der Waals surface area (Å²) in [5.74, 6) is -0.823. The van der Waals surface area contributed by atoms with E-state index in [-0.39, 0.29) is 11.8 Å². The first kappa shape index (κ1) is 15.1. The number of carboxylic acids is 1. The fraction of sp³-hybridized carbons (Fsp3) is 0.188. The molecule has 0 amide bonds. The number of aliphatic carboxylic acids is 1. The van der Waals surface area contributed by atoms with E-state index in [2.05, 4.69) is 15.9 Å². The van der Waals surface area contributed by atoms with Gasteiger partial charge in [-0.1, -0.05) is 58.4 Å². The van der Waals surface area contributed by atoms with Crippen molar-refractivity contribution in [2.24, 2.45) is 0 Å². The molecule has 0 aliphatic carbocycles. The zero-order chi connectivity index (χ0) is 14.5. The highest BCUT2D eigenvalue weighted by Gasteiger charge is 2.12. The molecule has 4 heteroatoms. The number of hydrogen-bond acceptors (Lipinski definition) is 1. The highest BCUT2D eigenvalue weighted by molar-refractivity contribution is 9.10. The summed E-state index contributed by atoms with van der Waals surface area (Å²) in [5.41, 5.74) is 3.15. The van der Waals surface area contributed by atoms with Gasteiger partial charge in [-0.15, -0.1) is 11.6 Å². The van der Waals surface area contributed by atoms with Crippen LogP contribution in [-0.2, 0) is 4.79 Å². The second-order valence-electron chi connectivity index (χ2n) is 4.51. The highest BCUT2D eigenvalue weighted by Crippen LogP contribution is 2.33. The number of hydrogen-bond donors (Lipinski definition) is 1. The lowest BCUT2D eigenvalue weighted by molar-refractivity contribution is -0.137. The van der Waals surface area contributed by atoms with Gasteiger partial charge >= 0.3 is 5.97 Å². The van der Waals surface area contributed by atoms with Crippen LogP contribution in [0.5, 0.6) is 0 Å². The van der Waals surface area contributed by atoms with Crippen LogP contribution in [0.15, 0.2) is 53.0 Å². The molecule has 0 bridgehead atoms. The van der Waals surface area contributed by atoms with Crippen LogP contribution < -0.4 is 0 Å². The molecule has 0 radical (unpaired) electrons. The maximum absolute atomic E-state index is 10.6. The predicted octanol–water partition coefficient (Wildman–Crippen LogP) is 5.26. The van der Waals surface area contributed by atoms with Crippen molar-refractivity contribution in [3.63, 3.8) is 0 Å². The summed E-state index contributed by atoms with van der Waals surface area (Å²) in [6.45, 7) is 0. The molecule has 0 aliphatic heterocycles. The average Bonchev–Trinajstić information content (AvgIpc) is 2.45. The Balaban J connectivity index is 2.20. The molecule has 2 nitrogen and oxygen atoms in total. The van der Waals surface area contributed by atoms with E-state index in [1.54, 1.807) is 0 Å². The molecule has 0 aliphatic rings. The number of carbonyl (C=O) groups is 1. The maximum atomic E-state index is 10.6. The van der Waals surface area contributed by atoms with E-state index in [9.17, 15) is 4.79 Å². The number of carboxylic acid groups (broad SMARTS) is 1. The van der Waals surface area contributed by atoms with Crippen LogP contribution in [0.4, 0.5) is 0 Å². The SMILES string of the molecule is O=C(O)CCC(Cl)c1ccc(-c2ccccc2)c(Br)c1. The molecule has 20 heavy (non-hydrogen) atoms. The zero-order valence-corrected chi connectivity index (χ0v) is 13.1. The molecule has 1 N–H and O–H groups in total. The van der Waals surface area contributed by atoms with Gasteiger partial charge in [-0.25, -0.2) is 0 Å². The van der Waals surface area contributed by atoms with E-state index in [4.69, 9.17) is 16.7 Å². The van der Waals surface area contributed by atoms with Gasteiger partial charge in [-0.3, -0.25) is 4.79 Å². The van der Waals surface area contributed by atoms with Crippen molar-refractivity contribution in [3.05, 3.63) is 58.6 Å². The molecule has 0 saturated carbocycles. The largest absolute Gasteiger partial charge is 0.481 e. The Morgan fingerprint density at radius 1 is 1.20 bits per heavy atom. The summed E-state index contributed by atoms with van der Waals surface area (Å²) < 4.78 is 0.960. The van der Waals surface area contributed by atoms with Crippen molar-refractivity contribution >= 4 is 33.5 Å². The lowest BCUT2D eigenvalue weighted by atomic mass is 10.0. The number of benzene rings is 2. The molecular formula is C16H14BrClO2. The number of alkyl halides is 1. The second-order valence-corrected chi connectivity index (χ2v) is 5.89. The standard InChI is InChI=1S/C16H14BrClO2/c17-14-10-12(15(18)8-9-16(19)20)6-7-13(14)11-4-2-1-3-5-11/h1-7,10,15H,8-9H2,(H,19,20). The minimum atomic E-state index is -0.823. The van der Waals surface area contributed by atoms with Crippen LogP contribution in [0.3, 0.4) is 0 Å². The second kappa shape index (κ2) is 6.91. The smallest absolute Gasteiger partial charge is 0.303 e. The van der Waals surface area contributed by atoms with Gasteiger partial charge in [0.25, 0.3) is 0 Å². The van der Waals surface area contributed by atoms with Crippen LogP contribution in [0, 0.1) is 0 Å². The lowest BCUT2D eigenvalue weighted by Gasteiger charge is -2.11. The van der Waals surface area contributed by atoms with Gasteiger partial charge in [-0.05, 0) is 29.2 Å². The molecule has 2 aromatic carbocycles. The molecule has 0 heterocycles. The van der Waals surface area contributed by atoms with E-state index >= 15 is 0 Å². The maximum Gasteiger partial charge on any atom is 0.303 e. The summed E-state index contributed by atoms with van der Waals surface area (Å²) in [7, 11) is 0. The first-order valence-electron chi connectivity index (χ1n) is 6.28. The number of halogens is 2. The van der Waals surface area contributed by atoms with Crippen molar-refractivity contribution in [1.29, 1.82) is 0 Å². The van der Waals surface area contributed by atoms with E-state index in [0.717, 1.165) is 21.2 Å². The fourth-order valence-corrected chi connectivity index (χ4v) is 2.87. The van der Waals surface area contributed by atoms with Crippen molar-refractivity contribution in [2.75, 3.05) is 0 Å². The van der Waals surface area contributed by atoms with Crippen LogP contribution in [-0.4, -0.2) is 11.1 Å². The third-order valence-corrected chi connectivity index (χ3v) is 4.18. The quantitative estimate of drug-likeness (QED) is 0.744. The molecule has 2 rings (SSSR count). The molecule has 0 saturated heterocycles. The monoisotopic (exact) mass is 352 g/mol. The Bertz CT molecular complexity index is 599. The van der Waals surface area contributed by atoms with Crippen LogP contribution >= 0.6 is 27.5 Å². The minimum Gasteiger partial charge on any atom is -0.481 e. The van der Waals surface area contributed by atoms with Crippen molar-refractivity contribution in [2.45, 2.75) is 18.2 Å². The average molecular weight is 354 g/mol. The molecule has 0 fully saturated rings. The zero-order valence-electron chi connectivity index (χ0n) is 10.7. The van der Waals surface area contributed by atoms with Gasteiger partial charge < -0.3 is 5.11 Å². The van der Waals surface area contributed by atoms with Gasteiger partial charge in [0.2, 0.25) is 0 Å². The van der Waals surface area contributed by atoms with E-state index in [1.165, 1.54) is 0 Å². The molecule has 0 aromatic heterocycles. The summed E-state index contributed by atoms with van der Waals surface area (Å²) in [6, 6.07) is 16.0. The summed E-state index contributed by atoms with van der Waals surface area (Å²) in [6.07, 6.45) is 0.500. The van der Waals surface area contributed by atoms with Gasteiger partial charge in [-0.2, -0.15) is 0 Å². The Hall–Kier alpha value is -1.32. The van der Waals surface area contributed by atoms with E-state index in [1.807, 2.05) is 48.5 Å². The van der Waals surface area contributed by atoms with Crippen molar-refractivity contribution in [3.8, 4) is 11.1 Å². The van der Waals surface area contributed by atoms with E-state index < -0.39 is 5.97 Å². The van der Waals surface area contributed by atoms with Crippen molar-refractivity contribution in [1.82, 2.24) is 0 Å². The first-order valence-corrected chi connectivity index (χ1v) is 7.51. The molecular weight excluding hydrogens is 340 g/mol. The van der Waals surface area contributed by atoms with Crippen molar-refractivity contribution < 1.29 is 9.90 Å². The highest BCUT2D eigenvalue weighted by atomic mass is 79.9. The molecule has 2 aromatic rings. The molecule has 104 valence electrons.